The van der Waals surface area contributed by atoms with Crippen LogP contribution in [0.25, 0.3) is 0 Å². The Balaban J connectivity index is 2.08. The maximum absolute atomic E-state index is 4.93. The second kappa shape index (κ2) is 7.52. The molecule has 1 N–H and O–H groups in total. The molecular weight excluding hydrogens is 304 g/mol. The van der Waals surface area contributed by atoms with Crippen molar-refractivity contribution in [3.05, 3.63) is 15.6 Å². The molecule has 1 fully saturated rings. The highest BCUT2D eigenvalue weighted by atomic mass is 32.2. The van der Waals surface area contributed by atoms with Gasteiger partial charge in [0.1, 0.15) is 5.01 Å². The van der Waals surface area contributed by atoms with Gasteiger partial charge in [-0.25, -0.2) is 4.98 Å². The van der Waals surface area contributed by atoms with Crippen molar-refractivity contribution < 1.29 is 0 Å². The highest BCUT2D eigenvalue weighted by molar-refractivity contribution is 8.07. The van der Waals surface area contributed by atoms with Crippen LogP contribution in [0.1, 0.15) is 55.4 Å². The SMILES string of the molecule is CCc1nc(C2CSC(C)C(C)S2)sc1CNC(C)C. The molecule has 1 aliphatic rings. The van der Waals surface area contributed by atoms with Crippen molar-refractivity contribution in [2.24, 2.45) is 0 Å². The van der Waals surface area contributed by atoms with Gasteiger partial charge in [-0.3, -0.25) is 0 Å². The highest BCUT2D eigenvalue weighted by Gasteiger charge is 2.29. The van der Waals surface area contributed by atoms with Gasteiger partial charge in [-0.15, -0.1) is 23.1 Å². The first kappa shape index (κ1) is 16.7. The minimum atomic E-state index is 0.533. The molecule has 3 unspecified atom stereocenters. The van der Waals surface area contributed by atoms with Crippen LogP contribution < -0.4 is 5.32 Å². The Morgan fingerprint density at radius 3 is 2.65 bits per heavy atom. The molecule has 1 aromatic heterocycles. The summed E-state index contributed by atoms with van der Waals surface area (Å²) in [6.07, 6.45) is 1.04. The molecule has 20 heavy (non-hydrogen) atoms. The topological polar surface area (TPSA) is 24.9 Å². The van der Waals surface area contributed by atoms with E-state index in [9.17, 15) is 0 Å². The Morgan fingerprint density at radius 1 is 1.30 bits per heavy atom. The van der Waals surface area contributed by atoms with E-state index in [-0.39, 0.29) is 0 Å². The van der Waals surface area contributed by atoms with Gasteiger partial charge in [0.15, 0.2) is 0 Å². The molecule has 0 spiro atoms. The zero-order valence-corrected chi connectivity index (χ0v) is 15.6. The predicted octanol–water partition coefficient (Wildman–Crippen LogP) is 4.50. The number of thioether (sulfide) groups is 2. The first-order chi connectivity index (χ1) is 9.51. The monoisotopic (exact) mass is 330 g/mol. The molecule has 0 aliphatic carbocycles. The third kappa shape index (κ3) is 4.15. The maximum Gasteiger partial charge on any atom is 0.107 e. The van der Waals surface area contributed by atoms with Gasteiger partial charge in [-0.1, -0.05) is 34.6 Å². The van der Waals surface area contributed by atoms with Gasteiger partial charge in [-0.05, 0) is 6.42 Å². The largest absolute Gasteiger partial charge is 0.310 e. The van der Waals surface area contributed by atoms with Gasteiger partial charge in [0.2, 0.25) is 0 Å². The van der Waals surface area contributed by atoms with E-state index in [1.54, 1.807) is 0 Å². The Morgan fingerprint density at radius 2 is 2.05 bits per heavy atom. The Kier molecular flexibility index (Phi) is 6.26. The number of rotatable bonds is 5. The summed E-state index contributed by atoms with van der Waals surface area (Å²) in [4.78, 5) is 6.37. The number of nitrogens with zero attached hydrogens (tertiary/aromatic N) is 1. The van der Waals surface area contributed by atoms with E-state index in [4.69, 9.17) is 4.98 Å². The van der Waals surface area contributed by atoms with Crippen molar-refractivity contribution in [1.82, 2.24) is 10.3 Å². The van der Waals surface area contributed by atoms with Crippen LogP contribution in [0.4, 0.5) is 0 Å². The highest BCUT2D eigenvalue weighted by Crippen LogP contribution is 2.45. The molecule has 0 saturated carbocycles. The second-order valence-corrected chi connectivity index (χ2v) is 9.79. The van der Waals surface area contributed by atoms with Crippen LogP contribution in [-0.4, -0.2) is 27.3 Å². The van der Waals surface area contributed by atoms with Crippen molar-refractivity contribution >= 4 is 34.9 Å². The average Bonchev–Trinajstić information content (AvgIpc) is 2.82. The van der Waals surface area contributed by atoms with E-state index in [1.807, 2.05) is 11.3 Å². The second-order valence-electron chi connectivity index (χ2n) is 5.68. The number of hydrogen-bond acceptors (Lipinski definition) is 5. The molecule has 0 radical (unpaired) electrons. The zero-order chi connectivity index (χ0) is 14.7. The van der Waals surface area contributed by atoms with Crippen molar-refractivity contribution in [2.45, 2.75) is 69.4 Å². The Hall–Kier alpha value is 0.290. The van der Waals surface area contributed by atoms with Gasteiger partial charge in [0, 0.05) is 33.7 Å². The van der Waals surface area contributed by atoms with E-state index in [0.717, 1.165) is 23.5 Å². The summed E-state index contributed by atoms with van der Waals surface area (Å²) < 4.78 is 0. The van der Waals surface area contributed by atoms with E-state index in [0.29, 0.717) is 11.3 Å². The van der Waals surface area contributed by atoms with Crippen molar-refractivity contribution in [1.29, 1.82) is 0 Å². The van der Waals surface area contributed by atoms with Crippen LogP contribution in [0, 0.1) is 0 Å². The summed E-state index contributed by atoms with van der Waals surface area (Å²) in [7, 11) is 0. The number of hydrogen-bond donors (Lipinski definition) is 1. The van der Waals surface area contributed by atoms with E-state index < -0.39 is 0 Å². The molecule has 1 saturated heterocycles. The van der Waals surface area contributed by atoms with Crippen molar-refractivity contribution in [3.63, 3.8) is 0 Å². The smallest absolute Gasteiger partial charge is 0.107 e. The third-order valence-corrected chi connectivity index (χ3v) is 8.39. The van der Waals surface area contributed by atoms with Crippen molar-refractivity contribution in [2.75, 3.05) is 5.75 Å². The van der Waals surface area contributed by atoms with Crippen LogP contribution >= 0.6 is 34.9 Å². The first-order valence-electron chi connectivity index (χ1n) is 7.50. The standard InChI is InChI=1S/C15H26N2S3/c1-6-12-13(7-16-9(2)3)20-15(17-12)14-8-18-10(4)11(5)19-14/h9-11,14,16H,6-8H2,1-5H3. The fourth-order valence-corrected chi connectivity index (χ4v) is 6.46. The van der Waals surface area contributed by atoms with Crippen LogP contribution in [-0.2, 0) is 13.0 Å². The fourth-order valence-electron chi connectivity index (χ4n) is 2.17. The molecular formula is C15H26N2S3. The van der Waals surface area contributed by atoms with Crippen LogP contribution in [0.15, 0.2) is 0 Å². The fraction of sp³-hybridized carbons (Fsp3) is 0.800. The lowest BCUT2D eigenvalue weighted by molar-refractivity contribution is 0.590. The Labute approximate surface area is 135 Å². The molecule has 0 bridgehead atoms. The summed E-state index contributed by atoms with van der Waals surface area (Å²) in [6, 6.07) is 0.533. The lowest BCUT2D eigenvalue weighted by atomic mass is 10.3. The number of aromatic nitrogens is 1. The summed E-state index contributed by atoms with van der Waals surface area (Å²) >= 11 is 6.14. The number of thiazole rings is 1. The summed E-state index contributed by atoms with van der Waals surface area (Å²) in [5, 5.41) is 6.96. The molecule has 2 rings (SSSR count). The molecule has 0 amide bonds. The van der Waals surface area contributed by atoms with E-state index in [2.05, 4.69) is 63.5 Å². The van der Waals surface area contributed by atoms with Crippen LogP contribution in [0.5, 0.6) is 0 Å². The number of nitrogens with one attached hydrogen (secondary N) is 1. The number of aryl methyl sites for hydroxylation is 1. The van der Waals surface area contributed by atoms with Crippen molar-refractivity contribution in [3.8, 4) is 0 Å². The lowest BCUT2D eigenvalue weighted by Crippen LogP contribution is -2.21. The molecule has 2 nitrogen and oxygen atoms in total. The maximum atomic E-state index is 4.93. The normalized spacial score (nSPS) is 27.2. The molecule has 1 aromatic rings. The summed E-state index contributed by atoms with van der Waals surface area (Å²) in [5.74, 6) is 1.21. The average molecular weight is 331 g/mol. The minimum Gasteiger partial charge on any atom is -0.310 e. The minimum absolute atomic E-state index is 0.533. The first-order valence-corrected chi connectivity index (χ1v) is 10.3. The molecule has 0 aromatic carbocycles. The summed E-state index contributed by atoms with van der Waals surface area (Å²) in [6.45, 7) is 12.3. The molecule has 5 heteroatoms. The molecule has 2 heterocycles. The quantitative estimate of drug-likeness (QED) is 0.859. The van der Waals surface area contributed by atoms with Gasteiger partial charge >= 0.3 is 0 Å². The molecule has 114 valence electrons. The van der Waals surface area contributed by atoms with Gasteiger partial charge in [0.25, 0.3) is 0 Å². The van der Waals surface area contributed by atoms with Gasteiger partial charge in [0.05, 0.1) is 10.9 Å². The van der Waals surface area contributed by atoms with Crippen LogP contribution in [0.2, 0.25) is 0 Å². The zero-order valence-electron chi connectivity index (χ0n) is 13.1. The molecule has 3 atom stereocenters. The van der Waals surface area contributed by atoms with Gasteiger partial charge in [-0.2, -0.15) is 11.8 Å². The predicted molar refractivity (Wildman–Crippen MR) is 95.2 cm³/mol. The lowest BCUT2D eigenvalue weighted by Gasteiger charge is -2.30. The Bertz CT molecular complexity index is 431. The molecule has 1 aliphatic heterocycles. The van der Waals surface area contributed by atoms with Gasteiger partial charge < -0.3 is 5.32 Å². The van der Waals surface area contributed by atoms with Crippen LogP contribution in [0.3, 0.4) is 0 Å². The summed E-state index contributed by atoms with van der Waals surface area (Å²) in [5.41, 5.74) is 1.30. The third-order valence-electron chi connectivity index (χ3n) is 3.63. The van der Waals surface area contributed by atoms with E-state index in [1.165, 1.54) is 21.3 Å². The van der Waals surface area contributed by atoms with E-state index >= 15 is 0 Å².